The van der Waals surface area contributed by atoms with Crippen LogP contribution >= 0.6 is 11.6 Å². The number of hydrogen-bond acceptors (Lipinski definition) is 4. The number of halogens is 1. The van der Waals surface area contributed by atoms with Gasteiger partial charge in [-0.15, -0.1) is 11.6 Å². The Labute approximate surface area is 119 Å². The maximum Gasteiger partial charge on any atom is 0.276 e. The molecule has 19 heavy (non-hydrogen) atoms. The summed E-state index contributed by atoms with van der Waals surface area (Å²) in [5.41, 5.74) is 0. The van der Waals surface area contributed by atoms with Gasteiger partial charge in [-0.2, -0.15) is 4.31 Å². The maximum atomic E-state index is 12.4. The van der Waals surface area contributed by atoms with Crippen molar-refractivity contribution in [3.8, 4) is 0 Å². The Morgan fingerprint density at radius 2 is 2.26 bits per heavy atom. The molecule has 0 aromatic carbocycles. The summed E-state index contributed by atoms with van der Waals surface area (Å²) < 4.78 is 31.6. The SMILES string of the molecule is CN1CCCC(N(C)S(=O)(=O)c2ccc(CCl)o2)C1. The van der Waals surface area contributed by atoms with Crippen molar-refractivity contribution in [1.82, 2.24) is 9.21 Å². The van der Waals surface area contributed by atoms with Gasteiger partial charge in [0.25, 0.3) is 10.0 Å². The van der Waals surface area contributed by atoms with Gasteiger partial charge < -0.3 is 9.32 Å². The summed E-state index contributed by atoms with van der Waals surface area (Å²) in [5.74, 6) is 0.639. The van der Waals surface area contributed by atoms with E-state index in [-0.39, 0.29) is 17.0 Å². The molecule has 0 spiro atoms. The van der Waals surface area contributed by atoms with Crippen molar-refractivity contribution in [2.24, 2.45) is 0 Å². The largest absolute Gasteiger partial charge is 0.447 e. The van der Waals surface area contributed by atoms with Gasteiger partial charge in [-0.1, -0.05) is 0 Å². The molecular weight excluding hydrogens is 288 g/mol. The Morgan fingerprint density at radius 1 is 1.53 bits per heavy atom. The van der Waals surface area contributed by atoms with Crippen molar-refractivity contribution in [2.75, 3.05) is 27.2 Å². The molecule has 1 fully saturated rings. The van der Waals surface area contributed by atoms with Gasteiger partial charge in [-0.05, 0) is 38.6 Å². The highest BCUT2D eigenvalue weighted by atomic mass is 35.5. The van der Waals surface area contributed by atoms with Gasteiger partial charge in [-0.3, -0.25) is 0 Å². The van der Waals surface area contributed by atoms with Gasteiger partial charge in [0.2, 0.25) is 5.09 Å². The number of hydrogen-bond donors (Lipinski definition) is 0. The molecular formula is C12H19ClN2O3S. The third kappa shape index (κ3) is 3.13. The predicted octanol–water partition coefficient (Wildman–Crippen LogP) is 1.73. The summed E-state index contributed by atoms with van der Waals surface area (Å²) >= 11 is 5.63. The predicted molar refractivity (Wildman–Crippen MR) is 73.7 cm³/mol. The van der Waals surface area contributed by atoms with Crippen molar-refractivity contribution >= 4 is 21.6 Å². The maximum absolute atomic E-state index is 12.4. The molecule has 0 amide bonds. The molecule has 1 aromatic rings. The zero-order chi connectivity index (χ0) is 14.0. The molecule has 7 heteroatoms. The monoisotopic (exact) mass is 306 g/mol. The third-order valence-corrected chi connectivity index (χ3v) is 5.56. The summed E-state index contributed by atoms with van der Waals surface area (Å²) in [6.45, 7) is 1.76. The van der Waals surface area contributed by atoms with Crippen LogP contribution in [0, 0.1) is 0 Å². The van der Waals surface area contributed by atoms with E-state index in [0.29, 0.717) is 5.76 Å². The first-order valence-electron chi connectivity index (χ1n) is 6.26. The van der Waals surface area contributed by atoms with Crippen LogP contribution in [-0.2, 0) is 15.9 Å². The molecule has 1 atom stereocenters. The number of nitrogens with zero attached hydrogens (tertiary/aromatic N) is 2. The topological polar surface area (TPSA) is 53.8 Å². The first kappa shape index (κ1) is 14.8. The molecule has 0 N–H and O–H groups in total. The lowest BCUT2D eigenvalue weighted by atomic mass is 10.1. The van der Waals surface area contributed by atoms with Gasteiger partial charge in [0.1, 0.15) is 5.76 Å². The second-order valence-electron chi connectivity index (χ2n) is 4.93. The molecule has 0 saturated carbocycles. The number of likely N-dealkylation sites (N-methyl/N-ethyl adjacent to an activating group) is 2. The highest BCUT2D eigenvalue weighted by Gasteiger charge is 2.32. The zero-order valence-corrected chi connectivity index (χ0v) is 12.7. The summed E-state index contributed by atoms with van der Waals surface area (Å²) in [5, 5.41) is -0.0288. The van der Waals surface area contributed by atoms with Crippen molar-refractivity contribution in [3.05, 3.63) is 17.9 Å². The molecule has 0 aliphatic carbocycles. The molecule has 1 aromatic heterocycles. The van der Waals surface area contributed by atoms with Crippen LogP contribution in [-0.4, -0.2) is 50.8 Å². The van der Waals surface area contributed by atoms with Gasteiger partial charge in [0.05, 0.1) is 5.88 Å². The Hall–Kier alpha value is -0.560. The second-order valence-corrected chi connectivity index (χ2v) is 7.13. The quantitative estimate of drug-likeness (QED) is 0.795. The fourth-order valence-corrected chi connectivity index (χ4v) is 3.79. The van der Waals surface area contributed by atoms with Crippen LogP contribution in [0.25, 0.3) is 0 Å². The fraction of sp³-hybridized carbons (Fsp3) is 0.667. The van der Waals surface area contributed by atoms with Gasteiger partial charge in [0, 0.05) is 19.6 Å². The Balaban J connectivity index is 2.18. The van der Waals surface area contributed by atoms with Crippen LogP contribution in [0.1, 0.15) is 18.6 Å². The minimum atomic E-state index is -3.57. The highest BCUT2D eigenvalue weighted by Crippen LogP contribution is 2.23. The Bertz CT molecular complexity index is 529. The van der Waals surface area contributed by atoms with Crippen LogP contribution < -0.4 is 0 Å². The summed E-state index contributed by atoms with van der Waals surface area (Å²) in [4.78, 5) is 2.15. The van der Waals surface area contributed by atoms with Crippen LogP contribution in [0.4, 0.5) is 0 Å². The molecule has 2 rings (SSSR count). The molecule has 1 unspecified atom stereocenters. The molecule has 1 saturated heterocycles. The lowest BCUT2D eigenvalue weighted by molar-refractivity contribution is 0.186. The minimum absolute atomic E-state index is 0.00620. The van der Waals surface area contributed by atoms with Crippen molar-refractivity contribution < 1.29 is 12.8 Å². The third-order valence-electron chi connectivity index (χ3n) is 3.52. The van der Waals surface area contributed by atoms with Crippen molar-refractivity contribution in [2.45, 2.75) is 29.9 Å². The van der Waals surface area contributed by atoms with E-state index < -0.39 is 10.0 Å². The highest BCUT2D eigenvalue weighted by molar-refractivity contribution is 7.89. The van der Waals surface area contributed by atoms with E-state index in [9.17, 15) is 8.42 Å². The minimum Gasteiger partial charge on any atom is -0.447 e. The fourth-order valence-electron chi connectivity index (χ4n) is 2.34. The zero-order valence-electron chi connectivity index (χ0n) is 11.2. The molecule has 5 nitrogen and oxygen atoms in total. The number of alkyl halides is 1. The van der Waals surface area contributed by atoms with Crippen molar-refractivity contribution in [3.63, 3.8) is 0 Å². The molecule has 108 valence electrons. The summed E-state index contributed by atoms with van der Waals surface area (Å²) in [6, 6.07) is 3.06. The average molecular weight is 307 g/mol. The van der Waals surface area contributed by atoms with E-state index in [1.54, 1.807) is 13.1 Å². The van der Waals surface area contributed by atoms with E-state index in [1.807, 2.05) is 7.05 Å². The number of furan rings is 1. The van der Waals surface area contributed by atoms with E-state index >= 15 is 0 Å². The van der Waals surface area contributed by atoms with E-state index in [1.165, 1.54) is 10.4 Å². The normalized spacial score (nSPS) is 22.0. The number of sulfonamides is 1. The number of rotatable bonds is 4. The average Bonchev–Trinajstić information content (AvgIpc) is 2.87. The van der Waals surface area contributed by atoms with Crippen LogP contribution in [0.5, 0.6) is 0 Å². The van der Waals surface area contributed by atoms with E-state index in [2.05, 4.69) is 4.90 Å². The number of piperidine rings is 1. The summed E-state index contributed by atoms with van der Waals surface area (Å²) in [6.07, 6.45) is 1.88. The lowest BCUT2D eigenvalue weighted by Gasteiger charge is -2.34. The van der Waals surface area contributed by atoms with Gasteiger partial charge in [-0.25, -0.2) is 8.42 Å². The molecule has 0 radical (unpaired) electrons. The van der Waals surface area contributed by atoms with E-state index in [4.69, 9.17) is 16.0 Å². The molecule has 1 aliphatic rings. The molecule has 1 aliphatic heterocycles. The van der Waals surface area contributed by atoms with Crippen LogP contribution in [0.3, 0.4) is 0 Å². The standard InChI is InChI=1S/C12H19ClN2O3S/c1-14-7-3-4-10(9-14)15(2)19(16,17)12-6-5-11(8-13)18-12/h5-6,10H,3-4,7-9H2,1-2H3. The van der Waals surface area contributed by atoms with E-state index in [0.717, 1.165) is 25.9 Å². The smallest absolute Gasteiger partial charge is 0.276 e. The molecule has 2 heterocycles. The summed E-state index contributed by atoms with van der Waals surface area (Å²) in [7, 11) is 0.0483. The second kappa shape index (κ2) is 5.83. The molecule has 0 bridgehead atoms. The first-order valence-corrected chi connectivity index (χ1v) is 8.24. The van der Waals surface area contributed by atoms with Crippen LogP contribution in [0.15, 0.2) is 21.6 Å². The first-order chi connectivity index (χ1) is 8.95. The van der Waals surface area contributed by atoms with Gasteiger partial charge >= 0.3 is 0 Å². The van der Waals surface area contributed by atoms with Crippen molar-refractivity contribution in [1.29, 1.82) is 0 Å². The Morgan fingerprint density at radius 3 is 2.84 bits per heavy atom. The lowest BCUT2D eigenvalue weighted by Crippen LogP contribution is -2.47. The van der Waals surface area contributed by atoms with Gasteiger partial charge in [0.15, 0.2) is 0 Å². The van der Waals surface area contributed by atoms with Crippen LogP contribution in [0.2, 0.25) is 0 Å². The number of likely N-dealkylation sites (tertiary alicyclic amines) is 1. The Kier molecular flexibility index (Phi) is 4.55.